The lowest BCUT2D eigenvalue weighted by molar-refractivity contribution is -0.229. The van der Waals surface area contributed by atoms with Crippen LogP contribution in [0.5, 0.6) is 0 Å². The topological polar surface area (TPSA) is 230 Å². The molecule has 0 aromatic carbocycles. The highest BCUT2D eigenvalue weighted by Crippen LogP contribution is 2.34. The molecule has 0 spiro atoms. The lowest BCUT2D eigenvalue weighted by atomic mass is 10.00. The van der Waals surface area contributed by atoms with Crippen molar-refractivity contribution in [3.63, 3.8) is 0 Å². The van der Waals surface area contributed by atoms with E-state index in [0.717, 1.165) is 32.5 Å². The molecule has 0 aromatic heterocycles. The highest BCUT2D eigenvalue weighted by atomic mass is 32.2. The standard InChI is InChI=1S/C25H38N2O14S/c1-11-18(38-12(2)28)19(39-13(3)29)20(40-14(4)30)23(37-11)42-10-16(27-24(36)41-25(5,6)7)21(33)26-15(22(34)35)8-9-17(31)32/h11,15-16,18-20,23H,8-10H2,1-7H3,(H,26,33)(H,27,36)(H,31,32)(H,34,35)/t11-,15+,16+,18+,19+,20-,23-/m0/s1. The molecule has 0 aliphatic carbocycles. The number of ether oxygens (including phenoxy) is 5. The van der Waals surface area contributed by atoms with E-state index in [1.807, 2.05) is 0 Å². The van der Waals surface area contributed by atoms with E-state index in [4.69, 9.17) is 28.8 Å². The summed E-state index contributed by atoms with van der Waals surface area (Å²) in [5, 5.41) is 22.9. The van der Waals surface area contributed by atoms with Crippen LogP contribution in [0.15, 0.2) is 0 Å². The normalized spacial score (nSPS) is 23.4. The van der Waals surface area contributed by atoms with Gasteiger partial charge in [0, 0.05) is 32.9 Å². The molecule has 1 aliphatic heterocycles. The Hall–Kier alpha value is -3.60. The second-order valence-electron chi connectivity index (χ2n) is 10.3. The first-order chi connectivity index (χ1) is 19.3. The summed E-state index contributed by atoms with van der Waals surface area (Å²) >= 11 is 0.849. The van der Waals surface area contributed by atoms with Crippen LogP contribution >= 0.6 is 11.8 Å². The molecule has 4 N–H and O–H groups in total. The molecular weight excluding hydrogens is 584 g/mol. The zero-order valence-corrected chi connectivity index (χ0v) is 25.2. The van der Waals surface area contributed by atoms with Crippen molar-refractivity contribution >= 4 is 53.6 Å². The van der Waals surface area contributed by atoms with Crippen LogP contribution in [0.2, 0.25) is 0 Å². The Bertz CT molecular complexity index is 1030. The van der Waals surface area contributed by atoms with Gasteiger partial charge in [-0.2, -0.15) is 0 Å². The van der Waals surface area contributed by atoms with Crippen LogP contribution in [-0.4, -0.2) is 105 Å². The lowest BCUT2D eigenvalue weighted by Gasteiger charge is -2.43. The van der Waals surface area contributed by atoms with E-state index < -0.39 is 102 Å². The molecule has 1 rings (SSSR count). The van der Waals surface area contributed by atoms with Gasteiger partial charge in [-0.15, -0.1) is 11.8 Å². The van der Waals surface area contributed by atoms with Crippen molar-refractivity contribution in [1.82, 2.24) is 10.6 Å². The fourth-order valence-electron chi connectivity index (χ4n) is 3.73. The number of esters is 3. The summed E-state index contributed by atoms with van der Waals surface area (Å²) in [6.45, 7) is 9.59. The minimum atomic E-state index is -1.58. The van der Waals surface area contributed by atoms with Crippen LogP contribution in [0, 0.1) is 0 Å². The summed E-state index contributed by atoms with van der Waals surface area (Å²) in [5.41, 5.74) is -2.08. The van der Waals surface area contributed by atoms with Gasteiger partial charge in [0.15, 0.2) is 18.3 Å². The average molecular weight is 623 g/mol. The van der Waals surface area contributed by atoms with E-state index in [1.54, 1.807) is 20.8 Å². The van der Waals surface area contributed by atoms with Crippen LogP contribution in [0.4, 0.5) is 4.79 Å². The monoisotopic (exact) mass is 622 g/mol. The van der Waals surface area contributed by atoms with Gasteiger partial charge >= 0.3 is 35.9 Å². The summed E-state index contributed by atoms with van der Waals surface area (Å²) in [6, 6.07) is -3.04. The Morgan fingerprint density at radius 2 is 1.36 bits per heavy atom. The number of nitrogens with one attached hydrogen (secondary N) is 2. The van der Waals surface area contributed by atoms with E-state index in [1.165, 1.54) is 6.92 Å². The maximum atomic E-state index is 13.1. The third-order valence-corrected chi connectivity index (χ3v) is 6.56. The molecule has 16 nitrogen and oxygen atoms in total. The van der Waals surface area contributed by atoms with Gasteiger partial charge in [0.05, 0.1) is 6.10 Å². The molecular formula is C25H38N2O14S. The Balaban J connectivity index is 3.30. The Kier molecular flexibility index (Phi) is 14.0. The number of carboxylic acids is 2. The Morgan fingerprint density at radius 3 is 1.83 bits per heavy atom. The van der Waals surface area contributed by atoms with Gasteiger partial charge in [-0.3, -0.25) is 24.0 Å². The zero-order valence-electron chi connectivity index (χ0n) is 24.4. The van der Waals surface area contributed by atoms with Crippen LogP contribution in [-0.2, 0) is 52.5 Å². The zero-order chi connectivity index (χ0) is 32.4. The van der Waals surface area contributed by atoms with E-state index in [0.29, 0.717) is 0 Å². The molecule has 42 heavy (non-hydrogen) atoms. The Morgan fingerprint density at radius 1 is 0.833 bits per heavy atom. The number of hydrogen-bond donors (Lipinski definition) is 4. The SMILES string of the molecule is CC(=O)O[C@@H]1[C@H](OC(C)=O)[C@H](C)O[C@@H](SC[C@@H](NC(=O)OC(C)(C)C)C(=O)N[C@H](CCC(=O)O)C(=O)O)[C@H]1OC(C)=O. The highest BCUT2D eigenvalue weighted by Gasteiger charge is 2.50. The first kappa shape index (κ1) is 36.4. The summed E-state index contributed by atoms with van der Waals surface area (Å²) in [4.78, 5) is 83.7. The lowest BCUT2D eigenvalue weighted by Crippen LogP contribution is -2.60. The Labute approximate surface area is 246 Å². The van der Waals surface area contributed by atoms with E-state index in [9.17, 15) is 38.7 Å². The van der Waals surface area contributed by atoms with Crippen LogP contribution < -0.4 is 10.6 Å². The summed E-state index contributed by atoms with van der Waals surface area (Å²) in [7, 11) is 0. The molecule has 0 radical (unpaired) electrons. The first-order valence-corrected chi connectivity index (χ1v) is 13.9. The quantitative estimate of drug-likeness (QED) is 0.163. The molecule has 1 saturated heterocycles. The van der Waals surface area contributed by atoms with Crippen molar-refractivity contribution in [2.75, 3.05) is 5.75 Å². The minimum absolute atomic E-state index is 0.309. The third-order valence-electron chi connectivity index (χ3n) is 5.33. The van der Waals surface area contributed by atoms with Gasteiger partial charge in [-0.05, 0) is 34.1 Å². The number of thioether (sulfide) groups is 1. The van der Waals surface area contributed by atoms with Crippen LogP contribution in [0.25, 0.3) is 0 Å². The maximum absolute atomic E-state index is 13.1. The predicted molar refractivity (Wildman–Crippen MR) is 143 cm³/mol. The van der Waals surface area contributed by atoms with Crippen molar-refractivity contribution < 1.29 is 67.5 Å². The highest BCUT2D eigenvalue weighted by molar-refractivity contribution is 7.99. The minimum Gasteiger partial charge on any atom is -0.481 e. The first-order valence-electron chi connectivity index (χ1n) is 12.8. The molecule has 238 valence electrons. The second-order valence-corrected chi connectivity index (χ2v) is 11.4. The van der Waals surface area contributed by atoms with Crippen molar-refractivity contribution in [2.24, 2.45) is 0 Å². The number of carbonyl (C=O) groups is 7. The van der Waals surface area contributed by atoms with Crippen LogP contribution in [0.3, 0.4) is 0 Å². The molecule has 0 aromatic rings. The fraction of sp³-hybridized carbons (Fsp3) is 0.720. The van der Waals surface area contributed by atoms with Gasteiger partial charge in [0.2, 0.25) is 5.91 Å². The van der Waals surface area contributed by atoms with Gasteiger partial charge in [-0.25, -0.2) is 9.59 Å². The molecule has 2 amide bonds. The summed E-state index contributed by atoms with van der Waals surface area (Å²) in [5.74, 6) is -6.32. The van der Waals surface area contributed by atoms with Crippen molar-refractivity contribution in [1.29, 1.82) is 0 Å². The molecule has 0 unspecified atom stereocenters. The average Bonchev–Trinajstić information content (AvgIpc) is 2.81. The van der Waals surface area contributed by atoms with Crippen LogP contribution in [0.1, 0.15) is 61.3 Å². The van der Waals surface area contributed by atoms with Crippen molar-refractivity contribution in [2.45, 2.75) is 109 Å². The van der Waals surface area contributed by atoms with E-state index in [-0.39, 0.29) is 5.75 Å². The van der Waals surface area contributed by atoms with Gasteiger partial charge in [-0.1, -0.05) is 0 Å². The molecule has 1 fully saturated rings. The fourth-order valence-corrected chi connectivity index (χ4v) is 5.00. The second kappa shape index (κ2) is 16.1. The molecule has 1 aliphatic rings. The smallest absolute Gasteiger partial charge is 0.408 e. The molecule has 0 bridgehead atoms. The van der Waals surface area contributed by atoms with Crippen molar-refractivity contribution in [3.05, 3.63) is 0 Å². The predicted octanol–water partition coefficient (Wildman–Crippen LogP) is 0.587. The molecule has 0 saturated carbocycles. The van der Waals surface area contributed by atoms with E-state index >= 15 is 0 Å². The van der Waals surface area contributed by atoms with Gasteiger partial charge in [0.1, 0.15) is 23.1 Å². The third kappa shape index (κ3) is 12.9. The number of carboxylic acid groups (broad SMARTS) is 2. The number of aliphatic carboxylic acids is 2. The largest absolute Gasteiger partial charge is 0.481 e. The van der Waals surface area contributed by atoms with Gasteiger partial charge < -0.3 is 44.5 Å². The summed E-state index contributed by atoms with van der Waals surface area (Å²) < 4.78 is 27.1. The number of alkyl carbamates (subject to hydrolysis) is 1. The number of carbonyl (C=O) groups excluding carboxylic acids is 5. The number of rotatable bonds is 13. The van der Waals surface area contributed by atoms with E-state index in [2.05, 4.69) is 10.6 Å². The molecule has 17 heteroatoms. The van der Waals surface area contributed by atoms with Crippen molar-refractivity contribution in [3.8, 4) is 0 Å². The number of hydrogen-bond acceptors (Lipinski definition) is 13. The molecule has 1 heterocycles. The number of amides is 2. The summed E-state index contributed by atoms with van der Waals surface area (Å²) in [6.07, 6.45) is -6.66. The maximum Gasteiger partial charge on any atom is 0.408 e. The van der Waals surface area contributed by atoms with Gasteiger partial charge in [0.25, 0.3) is 0 Å². The molecule has 7 atom stereocenters.